The first-order valence-electron chi connectivity index (χ1n) is 12.1. The van der Waals surface area contributed by atoms with Crippen LogP contribution in [-0.4, -0.2) is 57.5 Å². The van der Waals surface area contributed by atoms with Gasteiger partial charge in [0.1, 0.15) is 17.9 Å². The van der Waals surface area contributed by atoms with Crippen LogP contribution in [0.2, 0.25) is 0 Å². The van der Waals surface area contributed by atoms with Gasteiger partial charge >= 0.3 is 6.18 Å². The van der Waals surface area contributed by atoms with E-state index in [0.717, 1.165) is 38.2 Å². The van der Waals surface area contributed by atoms with Crippen molar-refractivity contribution in [3.05, 3.63) is 62.3 Å². The largest absolute Gasteiger partial charge is 0.422 e. The van der Waals surface area contributed by atoms with Crippen molar-refractivity contribution in [3.63, 3.8) is 0 Å². The number of amides is 2. The zero-order valence-electron chi connectivity index (χ0n) is 20.0. The van der Waals surface area contributed by atoms with E-state index in [1.54, 1.807) is 0 Å². The Kier molecular flexibility index (Phi) is 7.46. The predicted molar refractivity (Wildman–Crippen MR) is 123 cm³/mol. The first-order valence-corrected chi connectivity index (χ1v) is 12.1. The number of alkyl halides is 3. The fourth-order valence-electron chi connectivity index (χ4n) is 5.20. The fraction of sp³-hybridized carbons (Fsp3) is 0.520. The standard InChI is InChI=1S/C25H28F4N4O3/c1-2-17-20(30-31-23(35)22(17)25(27,28)29)13-15-8-9-19(26)18(12-15)24(36)32-10-11-33(21(34)14-32)16-6-4-3-5-7-16/h8-9,12,16H,2-7,10-11,13-14H2,1H3,(H,31,35). The molecule has 0 spiro atoms. The van der Waals surface area contributed by atoms with E-state index >= 15 is 0 Å². The summed E-state index contributed by atoms with van der Waals surface area (Å²) in [5, 5.41) is 5.68. The van der Waals surface area contributed by atoms with E-state index in [-0.39, 0.29) is 54.7 Å². The second kappa shape index (κ2) is 10.4. The summed E-state index contributed by atoms with van der Waals surface area (Å²) in [6, 6.07) is 3.89. The Hall–Kier alpha value is -3.24. The van der Waals surface area contributed by atoms with Crippen molar-refractivity contribution in [1.29, 1.82) is 0 Å². The number of H-pyrrole nitrogens is 1. The minimum absolute atomic E-state index is 0.00861. The number of aromatic amines is 1. The summed E-state index contributed by atoms with van der Waals surface area (Å²) in [6.07, 6.45) is 0.125. The van der Waals surface area contributed by atoms with Crippen LogP contribution in [0.25, 0.3) is 0 Å². The van der Waals surface area contributed by atoms with E-state index in [1.807, 2.05) is 10.00 Å². The average molecular weight is 509 g/mol. The van der Waals surface area contributed by atoms with Crippen molar-refractivity contribution in [3.8, 4) is 0 Å². The van der Waals surface area contributed by atoms with Gasteiger partial charge in [-0.2, -0.15) is 18.3 Å². The minimum Gasteiger partial charge on any atom is -0.336 e. The third kappa shape index (κ3) is 5.29. The summed E-state index contributed by atoms with van der Waals surface area (Å²) in [5.41, 5.74) is -2.78. The summed E-state index contributed by atoms with van der Waals surface area (Å²) in [5.74, 6) is -1.60. The van der Waals surface area contributed by atoms with E-state index in [4.69, 9.17) is 0 Å². The van der Waals surface area contributed by atoms with Crippen molar-refractivity contribution in [2.75, 3.05) is 19.6 Å². The molecular formula is C25H28F4N4O3. The maximum Gasteiger partial charge on any atom is 0.422 e. The molecule has 1 saturated heterocycles. The number of nitrogens with zero attached hydrogens (tertiary/aromatic N) is 3. The van der Waals surface area contributed by atoms with Crippen LogP contribution in [0.4, 0.5) is 17.6 Å². The lowest BCUT2D eigenvalue weighted by Gasteiger charge is -2.40. The molecule has 0 radical (unpaired) electrons. The molecule has 11 heteroatoms. The van der Waals surface area contributed by atoms with Gasteiger partial charge in [-0.25, -0.2) is 9.49 Å². The highest BCUT2D eigenvalue weighted by atomic mass is 19.4. The van der Waals surface area contributed by atoms with Gasteiger partial charge in [0.15, 0.2) is 0 Å². The molecule has 36 heavy (non-hydrogen) atoms. The number of rotatable bonds is 5. The first kappa shape index (κ1) is 25.8. The quantitative estimate of drug-likeness (QED) is 0.625. The molecular weight excluding hydrogens is 480 g/mol. The lowest BCUT2D eigenvalue weighted by Crippen LogP contribution is -2.55. The van der Waals surface area contributed by atoms with Gasteiger partial charge in [0, 0.05) is 25.6 Å². The Balaban J connectivity index is 1.54. The molecule has 1 aromatic carbocycles. The molecule has 1 aromatic heterocycles. The topological polar surface area (TPSA) is 86.4 Å². The van der Waals surface area contributed by atoms with Gasteiger partial charge in [0.25, 0.3) is 11.5 Å². The molecule has 2 aliphatic rings. The van der Waals surface area contributed by atoms with Crippen LogP contribution < -0.4 is 5.56 Å². The van der Waals surface area contributed by atoms with Gasteiger partial charge in [-0.05, 0) is 42.5 Å². The lowest BCUT2D eigenvalue weighted by molar-refractivity contribution is -0.139. The Labute approximate surface area is 205 Å². The monoisotopic (exact) mass is 508 g/mol. The molecule has 1 aliphatic heterocycles. The van der Waals surface area contributed by atoms with Gasteiger partial charge in [-0.3, -0.25) is 14.4 Å². The van der Waals surface area contributed by atoms with Crippen molar-refractivity contribution in [2.45, 2.75) is 64.1 Å². The maximum atomic E-state index is 14.6. The van der Waals surface area contributed by atoms with E-state index in [0.29, 0.717) is 12.1 Å². The van der Waals surface area contributed by atoms with Gasteiger partial charge in [0.05, 0.1) is 11.3 Å². The zero-order valence-corrected chi connectivity index (χ0v) is 20.0. The van der Waals surface area contributed by atoms with Crippen molar-refractivity contribution < 1.29 is 27.2 Å². The van der Waals surface area contributed by atoms with E-state index in [9.17, 15) is 31.9 Å². The van der Waals surface area contributed by atoms with Crippen molar-refractivity contribution in [1.82, 2.24) is 20.0 Å². The number of piperazine rings is 1. The third-order valence-corrected chi connectivity index (χ3v) is 7.00. The molecule has 2 aromatic rings. The predicted octanol–water partition coefficient (Wildman–Crippen LogP) is 3.70. The van der Waals surface area contributed by atoms with Gasteiger partial charge in [-0.1, -0.05) is 32.3 Å². The highest BCUT2D eigenvalue weighted by Crippen LogP contribution is 2.31. The zero-order chi connectivity index (χ0) is 26.0. The molecule has 2 fully saturated rings. The lowest BCUT2D eigenvalue weighted by atomic mass is 9.93. The smallest absolute Gasteiger partial charge is 0.336 e. The summed E-state index contributed by atoms with van der Waals surface area (Å²) < 4.78 is 55.0. The van der Waals surface area contributed by atoms with E-state index in [1.165, 1.54) is 24.0 Å². The third-order valence-electron chi connectivity index (χ3n) is 7.00. The Morgan fingerprint density at radius 1 is 1.14 bits per heavy atom. The molecule has 0 atom stereocenters. The van der Waals surface area contributed by atoms with Crippen LogP contribution in [0, 0.1) is 5.82 Å². The first-order chi connectivity index (χ1) is 17.1. The Morgan fingerprint density at radius 3 is 2.50 bits per heavy atom. The number of carbonyl (C=O) groups is 2. The van der Waals surface area contributed by atoms with Crippen molar-refractivity contribution in [2.24, 2.45) is 0 Å². The second-order valence-corrected chi connectivity index (χ2v) is 9.30. The number of benzene rings is 1. The second-order valence-electron chi connectivity index (χ2n) is 9.30. The molecule has 2 heterocycles. The van der Waals surface area contributed by atoms with Crippen LogP contribution in [0.1, 0.15) is 71.8 Å². The summed E-state index contributed by atoms with van der Waals surface area (Å²) in [6.45, 7) is 2.01. The molecule has 194 valence electrons. The van der Waals surface area contributed by atoms with Gasteiger partial charge in [-0.15, -0.1) is 0 Å². The number of halogens is 4. The minimum atomic E-state index is -4.85. The van der Waals surface area contributed by atoms with Gasteiger partial charge < -0.3 is 9.80 Å². The van der Waals surface area contributed by atoms with E-state index < -0.39 is 29.0 Å². The Bertz CT molecular complexity index is 1200. The molecule has 1 N–H and O–H groups in total. The van der Waals surface area contributed by atoms with Crippen LogP contribution in [0.3, 0.4) is 0 Å². The molecule has 0 bridgehead atoms. The SMILES string of the molecule is CCc1c(Cc2ccc(F)c(C(=O)N3CCN(C4CCCCC4)C(=O)C3)c2)n[nH]c(=O)c1C(F)(F)F. The van der Waals surface area contributed by atoms with Crippen LogP contribution in [0.5, 0.6) is 0 Å². The number of hydrogen-bond donors (Lipinski definition) is 1. The van der Waals surface area contributed by atoms with Crippen LogP contribution in [0.15, 0.2) is 23.0 Å². The highest BCUT2D eigenvalue weighted by Gasteiger charge is 2.38. The molecule has 7 nitrogen and oxygen atoms in total. The average Bonchev–Trinajstić information content (AvgIpc) is 2.85. The number of aromatic nitrogens is 2. The highest BCUT2D eigenvalue weighted by molar-refractivity contribution is 5.97. The number of carbonyl (C=O) groups excluding carboxylic acids is 2. The summed E-state index contributed by atoms with van der Waals surface area (Å²) in [4.78, 5) is 40.8. The Morgan fingerprint density at radius 2 is 1.86 bits per heavy atom. The molecule has 4 rings (SSSR count). The summed E-state index contributed by atoms with van der Waals surface area (Å²) in [7, 11) is 0. The van der Waals surface area contributed by atoms with Gasteiger partial charge in [0.2, 0.25) is 5.91 Å². The molecule has 1 saturated carbocycles. The fourth-order valence-corrected chi connectivity index (χ4v) is 5.20. The molecule has 1 aliphatic carbocycles. The van der Waals surface area contributed by atoms with Crippen LogP contribution >= 0.6 is 0 Å². The van der Waals surface area contributed by atoms with Crippen LogP contribution in [-0.2, 0) is 23.8 Å². The molecule has 2 amide bonds. The van der Waals surface area contributed by atoms with E-state index in [2.05, 4.69) is 5.10 Å². The van der Waals surface area contributed by atoms with Crippen molar-refractivity contribution >= 4 is 11.8 Å². The summed E-state index contributed by atoms with van der Waals surface area (Å²) >= 11 is 0. The number of nitrogens with one attached hydrogen (secondary N) is 1. The number of hydrogen-bond acceptors (Lipinski definition) is 4. The normalized spacial score (nSPS) is 17.5. The molecule has 0 unspecified atom stereocenters. The maximum absolute atomic E-state index is 14.6.